The molecule has 1 aliphatic rings. The van der Waals surface area contributed by atoms with Crippen LogP contribution in [0.3, 0.4) is 0 Å². The van der Waals surface area contributed by atoms with Gasteiger partial charge in [0, 0.05) is 12.1 Å². The van der Waals surface area contributed by atoms with Gasteiger partial charge < -0.3 is 4.90 Å². The summed E-state index contributed by atoms with van der Waals surface area (Å²) in [4.78, 5) is 18.7. The lowest BCUT2D eigenvalue weighted by Crippen LogP contribution is -2.39. The lowest BCUT2D eigenvalue weighted by molar-refractivity contribution is 0.0600. The predicted molar refractivity (Wildman–Crippen MR) is 75.2 cm³/mol. The molecule has 1 saturated heterocycles. The first-order valence-electron chi connectivity index (χ1n) is 6.96. The average molecular weight is 281 g/mol. The van der Waals surface area contributed by atoms with Crippen LogP contribution in [0.2, 0.25) is 0 Å². The standard InChI is InChI=1S/C15H15N5O/c16-9-11-4-6-12(7-5-11)15(21)20-8-2-1-3-13(20)14-17-10-18-19-14/h4-7,10,13H,1-3,8H2,(H,17,18,19)/t13-/m1/s1. The summed E-state index contributed by atoms with van der Waals surface area (Å²) < 4.78 is 0. The zero-order chi connectivity index (χ0) is 14.7. The van der Waals surface area contributed by atoms with Crippen molar-refractivity contribution in [2.75, 3.05) is 6.54 Å². The van der Waals surface area contributed by atoms with Gasteiger partial charge in [0.2, 0.25) is 0 Å². The Labute approximate surface area is 122 Å². The maximum atomic E-state index is 12.7. The number of carbonyl (C=O) groups excluding carboxylic acids is 1. The Morgan fingerprint density at radius 3 is 2.81 bits per heavy atom. The van der Waals surface area contributed by atoms with Crippen molar-refractivity contribution in [1.29, 1.82) is 5.26 Å². The van der Waals surface area contributed by atoms with Crippen molar-refractivity contribution in [3.8, 4) is 6.07 Å². The van der Waals surface area contributed by atoms with Crippen LogP contribution in [0.4, 0.5) is 0 Å². The van der Waals surface area contributed by atoms with Crippen LogP contribution in [0.15, 0.2) is 30.6 Å². The van der Waals surface area contributed by atoms with Gasteiger partial charge in [-0.25, -0.2) is 4.98 Å². The lowest BCUT2D eigenvalue weighted by Gasteiger charge is -2.34. The number of benzene rings is 1. The number of carbonyl (C=O) groups is 1. The molecule has 0 saturated carbocycles. The van der Waals surface area contributed by atoms with Crippen LogP contribution in [0.25, 0.3) is 0 Å². The first-order valence-corrected chi connectivity index (χ1v) is 6.96. The van der Waals surface area contributed by atoms with E-state index >= 15 is 0 Å². The summed E-state index contributed by atoms with van der Waals surface area (Å²) in [6, 6.07) is 8.74. The molecule has 6 heteroatoms. The van der Waals surface area contributed by atoms with E-state index in [4.69, 9.17) is 5.26 Å². The molecule has 1 atom stereocenters. The zero-order valence-corrected chi connectivity index (χ0v) is 11.5. The van der Waals surface area contributed by atoms with E-state index in [0.717, 1.165) is 25.1 Å². The second kappa shape index (κ2) is 5.75. The number of amides is 1. The van der Waals surface area contributed by atoms with E-state index in [1.807, 2.05) is 4.90 Å². The summed E-state index contributed by atoms with van der Waals surface area (Å²) >= 11 is 0. The second-order valence-corrected chi connectivity index (χ2v) is 5.07. The fourth-order valence-electron chi connectivity index (χ4n) is 2.69. The van der Waals surface area contributed by atoms with Gasteiger partial charge in [-0.3, -0.25) is 9.89 Å². The molecular formula is C15H15N5O. The number of aromatic nitrogens is 3. The molecule has 1 aliphatic heterocycles. The highest BCUT2D eigenvalue weighted by atomic mass is 16.2. The molecule has 21 heavy (non-hydrogen) atoms. The summed E-state index contributed by atoms with van der Waals surface area (Å²) in [5.41, 5.74) is 1.15. The molecule has 1 fully saturated rings. The summed E-state index contributed by atoms with van der Waals surface area (Å²) in [7, 11) is 0. The number of hydrogen-bond donors (Lipinski definition) is 1. The monoisotopic (exact) mass is 281 g/mol. The molecule has 6 nitrogen and oxygen atoms in total. The van der Waals surface area contributed by atoms with Crippen molar-refractivity contribution in [3.63, 3.8) is 0 Å². The van der Waals surface area contributed by atoms with Crippen LogP contribution in [0, 0.1) is 11.3 Å². The maximum Gasteiger partial charge on any atom is 0.254 e. The maximum absolute atomic E-state index is 12.7. The predicted octanol–water partition coefficient (Wildman–Crippen LogP) is 2.04. The average Bonchev–Trinajstić information content (AvgIpc) is 3.08. The topological polar surface area (TPSA) is 85.7 Å². The Morgan fingerprint density at radius 2 is 2.14 bits per heavy atom. The fraction of sp³-hybridized carbons (Fsp3) is 0.333. The first-order chi connectivity index (χ1) is 10.3. The van der Waals surface area contributed by atoms with Crippen molar-refractivity contribution < 1.29 is 4.79 Å². The highest BCUT2D eigenvalue weighted by molar-refractivity contribution is 5.94. The van der Waals surface area contributed by atoms with Gasteiger partial charge in [0.05, 0.1) is 17.7 Å². The summed E-state index contributed by atoms with van der Waals surface area (Å²) in [6.45, 7) is 0.713. The molecule has 1 aromatic carbocycles. The summed E-state index contributed by atoms with van der Waals surface area (Å²) in [5, 5.41) is 15.6. The Balaban J connectivity index is 1.85. The smallest absolute Gasteiger partial charge is 0.254 e. The molecule has 0 unspecified atom stereocenters. The Kier molecular flexibility index (Phi) is 3.65. The molecule has 0 bridgehead atoms. The first kappa shape index (κ1) is 13.3. The van der Waals surface area contributed by atoms with Gasteiger partial charge >= 0.3 is 0 Å². The van der Waals surface area contributed by atoms with E-state index in [2.05, 4.69) is 21.3 Å². The fourth-order valence-corrected chi connectivity index (χ4v) is 2.69. The zero-order valence-electron chi connectivity index (χ0n) is 11.5. The largest absolute Gasteiger partial charge is 0.328 e. The minimum Gasteiger partial charge on any atom is -0.328 e. The van der Waals surface area contributed by atoms with Crippen LogP contribution in [0.1, 0.15) is 47.1 Å². The van der Waals surface area contributed by atoms with E-state index in [9.17, 15) is 4.79 Å². The van der Waals surface area contributed by atoms with Crippen molar-refractivity contribution in [1.82, 2.24) is 20.1 Å². The van der Waals surface area contributed by atoms with Crippen LogP contribution in [-0.2, 0) is 0 Å². The molecule has 0 aliphatic carbocycles. The second-order valence-electron chi connectivity index (χ2n) is 5.07. The Hall–Kier alpha value is -2.68. The molecule has 1 N–H and O–H groups in total. The van der Waals surface area contributed by atoms with Crippen LogP contribution in [-0.4, -0.2) is 32.5 Å². The number of hydrogen-bond acceptors (Lipinski definition) is 4. The molecule has 3 rings (SSSR count). The molecule has 2 heterocycles. The van der Waals surface area contributed by atoms with Gasteiger partial charge in [0.25, 0.3) is 5.91 Å². The highest BCUT2D eigenvalue weighted by Crippen LogP contribution is 2.29. The van der Waals surface area contributed by atoms with Crippen molar-refractivity contribution in [2.24, 2.45) is 0 Å². The van der Waals surface area contributed by atoms with Crippen molar-refractivity contribution >= 4 is 5.91 Å². The third-order valence-corrected chi connectivity index (χ3v) is 3.77. The van der Waals surface area contributed by atoms with Gasteiger partial charge in [-0.1, -0.05) is 0 Å². The lowest BCUT2D eigenvalue weighted by atomic mass is 10.00. The quantitative estimate of drug-likeness (QED) is 0.912. The summed E-state index contributed by atoms with van der Waals surface area (Å²) in [5.74, 6) is 0.706. The van der Waals surface area contributed by atoms with E-state index in [0.29, 0.717) is 17.7 Å². The third-order valence-electron chi connectivity index (χ3n) is 3.77. The van der Waals surface area contributed by atoms with E-state index in [1.165, 1.54) is 6.33 Å². The number of H-pyrrole nitrogens is 1. The number of likely N-dealkylation sites (tertiary alicyclic amines) is 1. The van der Waals surface area contributed by atoms with Gasteiger partial charge in [-0.05, 0) is 43.5 Å². The molecule has 1 amide bonds. The number of rotatable bonds is 2. The number of aromatic amines is 1. The van der Waals surface area contributed by atoms with Crippen molar-refractivity contribution in [2.45, 2.75) is 25.3 Å². The minimum absolute atomic E-state index is 0.0272. The molecular weight excluding hydrogens is 266 g/mol. The molecule has 0 radical (unpaired) electrons. The normalized spacial score (nSPS) is 18.2. The summed E-state index contributed by atoms with van der Waals surface area (Å²) in [6.07, 6.45) is 4.42. The molecule has 1 aromatic heterocycles. The minimum atomic E-state index is -0.0515. The van der Waals surface area contributed by atoms with Gasteiger partial charge in [0.1, 0.15) is 12.2 Å². The number of nitrogens with one attached hydrogen (secondary N) is 1. The van der Waals surface area contributed by atoms with E-state index in [-0.39, 0.29) is 11.9 Å². The third kappa shape index (κ3) is 2.63. The van der Waals surface area contributed by atoms with Gasteiger partial charge in [0.15, 0.2) is 0 Å². The SMILES string of the molecule is N#Cc1ccc(C(=O)N2CCCC[C@@H]2c2ncn[nH]2)cc1. The van der Waals surface area contributed by atoms with Crippen LogP contribution < -0.4 is 0 Å². The number of piperidine rings is 1. The van der Waals surface area contributed by atoms with E-state index < -0.39 is 0 Å². The molecule has 2 aromatic rings. The van der Waals surface area contributed by atoms with E-state index in [1.54, 1.807) is 24.3 Å². The van der Waals surface area contributed by atoms with Crippen molar-refractivity contribution in [3.05, 3.63) is 47.5 Å². The molecule has 0 spiro atoms. The van der Waals surface area contributed by atoms with Crippen LogP contribution in [0.5, 0.6) is 0 Å². The van der Waals surface area contributed by atoms with Gasteiger partial charge in [-0.15, -0.1) is 0 Å². The number of nitriles is 1. The molecule has 106 valence electrons. The highest BCUT2D eigenvalue weighted by Gasteiger charge is 2.30. The van der Waals surface area contributed by atoms with Gasteiger partial charge in [-0.2, -0.15) is 10.4 Å². The Morgan fingerprint density at radius 1 is 1.33 bits per heavy atom. The Bertz CT molecular complexity index is 656. The number of nitrogens with zero attached hydrogens (tertiary/aromatic N) is 4. The van der Waals surface area contributed by atoms with Crippen LogP contribution >= 0.6 is 0 Å².